The van der Waals surface area contributed by atoms with Crippen molar-refractivity contribution in [2.45, 2.75) is 50.2 Å². The highest BCUT2D eigenvalue weighted by molar-refractivity contribution is 6.31. The lowest BCUT2D eigenvalue weighted by atomic mass is 9.89. The molecule has 5 heteroatoms. The van der Waals surface area contributed by atoms with Crippen molar-refractivity contribution in [3.63, 3.8) is 0 Å². The maximum Gasteiger partial charge on any atom is 0.221 e. The number of carbonyl (C=O) groups is 1. The van der Waals surface area contributed by atoms with Crippen molar-refractivity contribution >= 4 is 17.5 Å². The van der Waals surface area contributed by atoms with Gasteiger partial charge in [-0.3, -0.25) is 4.79 Å². The number of hydrogen-bond acceptors (Lipinski definition) is 3. The number of methoxy groups -OCH3 is 1. The largest absolute Gasteiger partial charge is 0.497 e. The van der Waals surface area contributed by atoms with Gasteiger partial charge in [0, 0.05) is 23.5 Å². The first-order valence-electron chi connectivity index (χ1n) is 10.1. The highest BCUT2D eigenvalue weighted by Crippen LogP contribution is 2.34. The maximum atomic E-state index is 13.0. The summed E-state index contributed by atoms with van der Waals surface area (Å²) in [6.45, 7) is 0. The van der Waals surface area contributed by atoms with Crippen molar-refractivity contribution in [3.05, 3.63) is 64.7 Å². The van der Waals surface area contributed by atoms with E-state index in [4.69, 9.17) is 16.3 Å². The van der Waals surface area contributed by atoms with Crippen molar-refractivity contribution in [2.24, 2.45) is 5.92 Å². The van der Waals surface area contributed by atoms with Gasteiger partial charge in [-0.1, -0.05) is 41.9 Å². The molecule has 148 valence electrons. The van der Waals surface area contributed by atoms with Crippen LogP contribution in [0.1, 0.15) is 49.3 Å². The number of nitrogens with one attached hydrogen (secondary N) is 2. The first kappa shape index (κ1) is 19.3. The summed E-state index contributed by atoms with van der Waals surface area (Å²) in [7, 11) is 1.65. The minimum Gasteiger partial charge on any atom is -0.497 e. The van der Waals surface area contributed by atoms with Crippen molar-refractivity contribution < 1.29 is 9.53 Å². The van der Waals surface area contributed by atoms with Gasteiger partial charge in [0.1, 0.15) is 5.75 Å². The summed E-state index contributed by atoms with van der Waals surface area (Å²) in [6, 6.07) is 16.4. The minimum atomic E-state index is -0.297. The molecule has 0 radical (unpaired) electrons. The summed E-state index contributed by atoms with van der Waals surface area (Å²) in [5.74, 6) is 1.30. The van der Waals surface area contributed by atoms with Crippen LogP contribution in [0.3, 0.4) is 0 Å². The lowest BCUT2D eigenvalue weighted by Gasteiger charge is -2.29. The minimum absolute atomic E-state index is 0.0824. The zero-order valence-electron chi connectivity index (χ0n) is 16.2. The molecule has 28 heavy (non-hydrogen) atoms. The molecular weight excluding hydrogens is 372 g/mol. The van der Waals surface area contributed by atoms with E-state index >= 15 is 0 Å². The normalized spacial score (nSPS) is 24.6. The average Bonchev–Trinajstić information content (AvgIpc) is 3.05. The zero-order chi connectivity index (χ0) is 19.5. The molecule has 3 atom stereocenters. The Morgan fingerprint density at radius 1 is 1.18 bits per heavy atom. The Morgan fingerprint density at radius 2 is 1.93 bits per heavy atom. The highest BCUT2D eigenvalue weighted by atomic mass is 35.5. The van der Waals surface area contributed by atoms with Crippen LogP contribution in [-0.2, 0) is 4.79 Å². The third-order valence-electron chi connectivity index (χ3n) is 5.99. The van der Waals surface area contributed by atoms with Crippen LogP contribution in [0.2, 0.25) is 5.02 Å². The summed E-state index contributed by atoms with van der Waals surface area (Å²) in [5.41, 5.74) is 1.86. The molecule has 4 nitrogen and oxygen atoms in total. The van der Waals surface area contributed by atoms with Crippen LogP contribution in [0, 0.1) is 5.92 Å². The molecule has 2 aromatic rings. The SMILES string of the molecule is COc1cccc(C(NC(=O)CC2CC3CCC(C2)N3)c2ccccc2Cl)c1. The molecule has 2 aliphatic rings. The van der Waals surface area contributed by atoms with Gasteiger partial charge in [0.15, 0.2) is 0 Å². The van der Waals surface area contributed by atoms with Crippen molar-refractivity contribution in [2.75, 3.05) is 7.11 Å². The predicted molar refractivity (Wildman–Crippen MR) is 112 cm³/mol. The van der Waals surface area contributed by atoms with Crippen molar-refractivity contribution in [3.8, 4) is 5.75 Å². The molecule has 2 aromatic carbocycles. The molecule has 0 saturated carbocycles. The van der Waals surface area contributed by atoms with Crippen molar-refractivity contribution in [1.29, 1.82) is 0 Å². The Labute approximate surface area is 171 Å². The summed E-state index contributed by atoms with van der Waals surface area (Å²) in [5, 5.41) is 7.53. The van der Waals surface area contributed by atoms with Gasteiger partial charge in [-0.2, -0.15) is 0 Å². The molecule has 2 bridgehead atoms. The van der Waals surface area contributed by atoms with Gasteiger partial charge in [0.25, 0.3) is 0 Å². The number of ether oxygens (including phenoxy) is 1. The van der Waals surface area contributed by atoms with Gasteiger partial charge in [-0.15, -0.1) is 0 Å². The summed E-state index contributed by atoms with van der Waals surface area (Å²) in [6.07, 6.45) is 5.25. The van der Waals surface area contributed by atoms with E-state index in [1.165, 1.54) is 12.8 Å². The smallest absolute Gasteiger partial charge is 0.221 e. The fraction of sp³-hybridized carbons (Fsp3) is 0.435. The van der Waals surface area contributed by atoms with E-state index in [9.17, 15) is 4.79 Å². The molecule has 0 aliphatic carbocycles. The molecule has 1 amide bonds. The van der Waals surface area contributed by atoms with Crippen LogP contribution < -0.4 is 15.4 Å². The molecule has 3 unspecified atom stereocenters. The fourth-order valence-corrected chi connectivity index (χ4v) is 4.94. The standard InChI is InChI=1S/C23H27ClN2O2/c1-28-19-6-4-5-16(14-19)23(20-7-2-3-8-21(20)24)26-22(27)13-15-11-17-9-10-18(12-15)25-17/h2-8,14-15,17-18,23,25H,9-13H2,1H3,(H,26,27). The molecule has 2 fully saturated rings. The number of fused-ring (bicyclic) bond motifs is 2. The van der Waals surface area contributed by atoms with Crippen LogP contribution in [0.25, 0.3) is 0 Å². The number of benzene rings is 2. The van der Waals surface area contributed by atoms with Gasteiger partial charge < -0.3 is 15.4 Å². The highest BCUT2D eigenvalue weighted by Gasteiger charge is 2.34. The second-order valence-electron chi connectivity index (χ2n) is 7.98. The molecule has 2 N–H and O–H groups in total. The Hall–Kier alpha value is -2.04. The van der Waals surface area contributed by atoms with Gasteiger partial charge in [0.2, 0.25) is 5.91 Å². The number of halogens is 1. The first-order chi connectivity index (χ1) is 13.6. The van der Waals surface area contributed by atoms with Gasteiger partial charge >= 0.3 is 0 Å². The lowest BCUT2D eigenvalue weighted by Crippen LogP contribution is -2.40. The second-order valence-corrected chi connectivity index (χ2v) is 8.39. The van der Waals surface area contributed by atoms with E-state index in [0.717, 1.165) is 29.7 Å². The van der Waals surface area contributed by atoms with E-state index in [1.54, 1.807) is 7.11 Å². The van der Waals surface area contributed by atoms with E-state index < -0.39 is 0 Å². The maximum absolute atomic E-state index is 13.0. The Morgan fingerprint density at radius 3 is 2.64 bits per heavy atom. The van der Waals surface area contributed by atoms with Gasteiger partial charge in [0.05, 0.1) is 13.2 Å². The molecule has 0 spiro atoms. The number of rotatable bonds is 6. The zero-order valence-corrected chi connectivity index (χ0v) is 16.9. The number of piperidine rings is 1. The van der Waals surface area contributed by atoms with Crippen LogP contribution in [0.5, 0.6) is 5.75 Å². The quantitative estimate of drug-likeness (QED) is 0.754. The fourth-order valence-electron chi connectivity index (χ4n) is 4.69. The molecule has 2 aliphatic heterocycles. The summed E-state index contributed by atoms with van der Waals surface area (Å²) in [4.78, 5) is 13.0. The molecule has 2 heterocycles. The number of carbonyl (C=O) groups excluding carboxylic acids is 1. The van der Waals surface area contributed by atoms with Crippen LogP contribution in [0.4, 0.5) is 0 Å². The third-order valence-corrected chi connectivity index (χ3v) is 6.34. The van der Waals surface area contributed by atoms with E-state index in [-0.39, 0.29) is 11.9 Å². The topological polar surface area (TPSA) is 50.4 Å². The average molecular weight is 399 g/mol. The van der Waals surface area contributed by atoms with Crippen LogP contribution >= 0.6 is 11.6 Å². The van der Waals surface area contributed by atoms with E-state index in [1.807, 2.05) is 48.5 Å². The van der Waals surface area contributed by atoms with E-state index in [0.29, 0.717) is 29.4 Å². The molecular formula is C23H27ClN2O2. The van der Waals surface area contributed by atoms with Crippen LogP contribution in [0.15, 0.2) is 48.5 Å². The Kier molecular flexibility index (Phi) is 5.88. The second kappa shape index (κ2) is 8.54. The Balaban J connectivity index is 1.53. The monoisotopic (exact) mass is 398 g/mol. The third kappa shape index (κ3) is 4.34. The Bertz CT molecular complexity index is 829. The van der Waals surface area contributed by atoms with Crippen LogP contribution in [-0.4, -0.2) is 25.1 Å². The van der Waals surface area contributed by atoms with Crippen molar-refractivity contribution in [1.82, 2.24) is 10.6 Å². The summed E-state index contributed by atoms with van der Waals surface area (Å²) >= 11 is 6.47. The molecule has 4 rings (SSSR count). The first-order valence-corrected chi connectivity index (χ1v) is 10.4. The molecule has 2 saturated heterocycles. The predicted octanol–water partition coefficient (Wildman–Crippen LogP) is 4.47. The molecule has 0 aromatic heterocycles. The number of hydrogen-bond donors (Lipinski definition) is 2. The lowest BCUT2D eigenvalue weighted by molar-refractivity contribution is -0.122. The summed E-state index contributed by atoms with van der Waals surface area (Å²) < 4.78 is 5.38. The number of amides is 1. The van der Waals surface area contributed by atoms with E-state index in [2.05, 4.69) is 10.6 Å². The van der Waals surface area contributed by atoms with Gasteiger partial charge in [-0.05, 0) is 60.9 Å². The van der Waals surface area contributed by atoms with Gasteiger partial charge in [-0.25, -0.2) is 0 Å².